The van der Waals surface area contributed by atoms with Gasteiger partial charge in [-0.05, 0) is 49.7 Å². The first-order valence-electron chi connectivity index (χ1n) is 9.32. The molecule has 0 amide bonds. The molecule has 0 radical (unpaired) electrons. The van der Waals surface area contributed by atoms with Crippen molar-refractivity contribution in [2.45, 2.75) is 64.7 Å². The zero-order valence-electron chi connectivity index (χ0n) is 15.1. The second-order valence-corrected chi connectivity index (χ2v) is 6.89. The Labute approximate surface area is 145 Å². The number of ketones is 1. The number of rotatable bonds is 10. The fourth-order valence-corrected chi connectivity index (χ4v) is 3.65. The van der Waals surface area contributed by atoms with Crippen LogP contribution in [-0.2, 0) is 14.3 Å². The number of allylic oxidation sites excluding steroid dienone is 6. The van der Waals surface area contributed by atoms with Crippen molar-refractivity contribution in [3.63, 3.8) is 0 Å². The molecule has 0 heterocycles. The van der Waals surface area contributed by atoms with Crippen molar-refractivity contribution in [3.05, 3.63) is 35.5 Å². The molecule has 132 valence electrons. The van der Waals surface area contributed by atoms with Gasteiger partial charge in [-0.2, -0.15) is 0 Å². The van der Waals surface area contributed by atoms with Crippen molar-refractivity contribution in [1.82, 2.24) is 0 Å². The third-order valence-corrected chi connectivity index (χ3v) is 5.09. The zero-order chi connectivity index (χ0) is 17.4. The summed E-state index contributed by atoms with van der Waals surface area (Å²) in [5, 5.41) is 0. The van der Waals surface area contributed by atoms with Gasteiger partial charge in [0.05, 0.1) is 7.11 Å². The summed E-state index contributed by atoms with van der Waals surface area (Å²) in [7, 11) is 1.43. The van der Waals surface area contributed by atoms with Crippen LogP contribution < -0.4 is 0 Å². The molecule has 1 saturated carbocycles. The van der Waals surface area contributed by atoms with E-state index in [1.54, 1.807) is 6.08 Å². The van der Waals surface area contributed by atoms with Crippen LogP contribution in [0.25, 0.3) is 0 Å². The molecule has 2 rings (SSSR count). The van der Waals surface area contributed by atoms with E-state index in [0.29, 0.717) is 18.8 Å². The molecule has 0 spiro atoms. The van der Waals surface area contributed by atoms with Crippen LogP contribution >= 0.6 is 0 Å². The van der Waals surface area contributed by atoms with E-state index >= 15 is 0 Å². The molecular weight excluding hydrogens is 300 g/mol. The van der Waals surface area contributed by atoms with Crippen LogP contribution in [0.4, 0.5) is 0 Å². The van der Waals surface area contributed by atoms with Crippen molar-refractivity contribution >= 4 is 11.8 Å². The van der Waals surface area contributed by atoms with Crippen molar-refractivity contribution in [2.24, 2.45) is 11.8 Å². The first-order chi connectivity index (χ1) is 11.7. The molecule has 0 saturated heterocycles. The molecule has 0 unspecified atom stereocenters. The summed E-state index contributed by atoms with van der Waals surface area (Å²) < 4.78 is 4.66. The lowest BCUT2D eigenvalue weighted by Crippen LogP contribution is -2.26. The highest BCUT2D eigenvalue weighted by molar-refractivity contribution is 5.90. The SMILES string of the molecule is CCCCCC(=O)/C=C/C1=CC[C@@H]2C/C(=C/CCCC(=O)OC)[C@H]12. The fraction of sp³-hybridized carbons (Fsp3) is 0.619. The Morgan fingerprint density at radius 2 is 2.08 bits per heavy atom. The van der Waals surface area contributed by atoms with E-state index in [0.717, 1.165) is 44.4 Å². The Bertz CT molecular complexity index is 539. The van der Waals surface area contributed by atoms with E-state index in [1.807, 2.05) is 6.08 Å². The summed E-state index contributed by atoms with van der Waals surface area (Å²) in [6.07, 6.45) is 16.9. The topological polar surface area (TPSA) is 43.4 Å². The zero-order valence-corrected chi connectivity index (χ0v) is 15.1. The Morgan fingerprint density at radius 1 is 1.25 bits per heavy atom. The van der Waals surface area contributed by atoms with Crippen LogP contribution in [0.15, 0.2) is 35.5 Å². The highest BCUT2D eigenvalue weighted by Gasteiger charge is 2.39. The molecule has 0 aromatic carbocycles. The molecule has 0 aliphatic heterocycles. The number of fused-ring (bicyclic) bond motifs is 1. The average molecular weight is 330 g/mol. The number of carbonyl (C=O) groups excluding carboxylic acids is 2. The first kappa shape index (κ1) is 18.7. The number of hydrogen-bond acceptors (Lipinski definition) is 3. The van der Waals surface area contributed by atoms with Crippen molar-refractivity contribution < 1.29 is 14.3 Å². The molecule has 0 N–H and O–H groups in total. The minimum atomic E-state index is -0.133. The van der Waals surface area contributed by atoms with E-state index < -0.39 is 0 Å². The second-order valence-electron chi connectivity index (χ2n) is 6.89. The molecule has 1 fully saturated rings. The maximum absolute atomic E-state index is 11.9. The summed E-state index contributed by atoms with van der Waals surface area (Å²) in [6.45, 7) is 2.15. The first-order valence-corrected chi connectivity index (χ1v) is 9.32. The highest BCUT2D eigenvalue weighted by Crippen LogP contribution is 2.51. The summed E-state index contributed by atoms with van der Waals surface area (Å²) >= 11 is 0. The average Bonchev–Trinajstić information content (AvgIpc) is 2.88. The van der Waals surface area contributed by atoms with Gasteiger partial charge in [0.1, 0.15) is 0 Å². The molecule has 2 atom stereocenters. The van der Waals surface area contributed by atoms with Gasteiger partial charge < -0.3 is 4.74 Å². The molecule has 0 aromatic rings. The van der Waals surface area contributed by atoms with E-state index in [4.69, 9.17) is 0 Å². The van der Waals surface area contributed by atoms with Crippen LogP contribution in [0, 0.1) is 11.8 Å². The van der Waals surface area contributed by atoms with E-state index in [1.165, 1.54) is 24.7 Å². The Hall–Kier alpha value is -1.64. The normalized spacial score (nSPS) is 23.9. The lowest BCUT2D eigenvalue weighted by atomic mass is 9.68. The number of unbranched alkanes of at least 4 members (excludes halogenated alkanes) is 3. The predicted molar refractivity (Wildman–Crippen MR) is 96.5 cm³/mol. The van der Waals surface area contributed by atoms with Crippen molar-refractivity contribution in [3.8, 4) is 0 Å². The maximum Gasteiger partial charge on any atom is 0.305 e. The number of carbonyl (C=O) groups is 2. The maximum atomic E-state index is 11.9. The minimum Gasteiger partial charge on any atom is -0.469 e. The number of hydrogen-bond donors (Lipinski definition) is 0. The van der Waals surface area contributed by atoms with Crippen LogP contribution in [0.1, 0.15) is 64.7 Å². The third kappa shape index (κ3) is 5.19. The summed E-state index contributed by atoms with van der Waals surface area (Å²) in [5.74, 6) is 1.36. The molecule has 24 heavy (non-hydrogen) atoms. The van der Waals surface area contributed by atoms with Gasteiger partial charge >= 0.3 is 5.97 Å². The minimum absolute atomic E-state index is 0.133. The van der Waals surface area contributed by atoms with Gasteiger partial charge in [-0.1, -0.05) is 43.6 Å². The summed E-state index contributed by atoms with van der Waals surface area (Å²) in [5.41, 5.74) is 2.80. The van der Waals surface area contributed by atoms with E-state index in [9.17, 15) is 9.59 Å². The van der Waals surface area contributed by atoms with Gasteiger partial charge in [0.2, 0.25) is 0 Å². The van der Waals surface area contributed by atoms with Gasteiger partial charge in [-0.25, -0.2) is 0 Å². The molecular formula is C21H30O3. The van der Waals surface area contributed by atoms with Gasteiger partial charge in [-0.3, -0.25) is 9.59 Å². The molecule has 2 aliphatic carbocycles. The predicted octanol–water partition coefficient (Wildman–Crippen LogP) is 4.93. The molecule has 2 aliphatic rings. The van der Waals surface area contributed by atoms with Crippen LogP contribution in [0.5, 0.6) is 0 Å². The number of ether oxygens (including phenoxy) is 1. The van der Waals surface area contributed by atoms with Crippen LogP contribution in [0.3, 0.4) is 0 Å². The summed E-state index contributed by atoms with van der Waals surface area (Å²) in [4.78, 5) is 23.0. The van der Waals surface area contributed by atoms with Gasteiger partial charge in [0, 0.05) is 18.8 Å². The van der Waals surface area contributed by atoms with Crippen LogP contribution in [-0.4, -0.2) is 18.9 Å². The van der Waals surface area contributed by atoms with Gasteiger partial charge in [0.15, 0.2) is 5.78 Å². The Balaban J connectivity index is 1.79. The molecule has 3 nitrogen and oxygen atoms in total. The Kier molecular flexibility index (Phi) is 7.48. The van der Waals surface area contributed by atoms with Crippen molar-refractivity contribution in [2.75, 3.05) is 7.11 Å². The number of methoxy groups -OCH3 is 1. The highest BCUT2D eigenvalue weighted by atomic mass is 16.5. The molecule has 0 aromatic heterocycles. The monoisotopic (exact) mass is 330 g/mol. The Morgan fingerprint density at radius 3 is 2.83 bits per heavy atom. The lowest BCUT2D eigenvalue weighted by molar-refractivity contribution is -0.140. The molecule has 0 bridgehead atoms. The van der Waals surface area contributed by atoms with E-state index in [-0.39, 0.29) is 11.8 Å². The third-order valence-electron chi connectivity index (χ3n) is 5.09. The second kappa shape index (κ2) is 9.61. The quantitative estimate of drug-likeness (QED) is 0.247. The molecule has 3 heteroatoms. The van der Waals surface area contributed by atoms with Gasteiger partial charge in [-0.15, -0.1) is 0 Å². The fourth-order valence-electron chi connectivity index (χ4n) is 3.65. The summed E-state index contributed by atoms with van der Waals surface area (Å²) in [6, 6.07) is 0. The van der Waals surface area contributed by atoms with Crippen LogP contribution in [0.2, 0.25) is 0 Å². The number of esters is 1. The lowest BCUT2D eigenvalue weighted by Gasteiger charge is -2.36. The smallest absolute Gasteiger partial charge is 0.305 e. The largest absolute Gasteiger partial charge is 0.469 e. The van der Waals surface area contributed by atoms with Gasteiger partial charge in [0.25, 0.3) is 0 Å². The van der Waals surface area contributed by atoms with Crippen molar-refractivity contribution in [1.29, 1.82) is 0 Å². The van der Waals surface area contributed by atoms with E-state index in [2.05, 4.69) is 23.8 Å². The standard InChI is InChI=1S/C21H30O3/c1-3-4-5-9-19(22)14-13-16-11-12-18-15-17(21(16)18)8-6-7-10-20(23)24-2/h8,11,13-14,18,21H,3-7,9-10,12,15H2,1-2H3/b14-13+,17-8-/t18-,21+/m1/s1.